The van der Waals surface area contributed by atoms with Gasteiger partial charge in [0.15, 0.2) is 0 Å². The van der Waals surface area contributed by atoms with E-state index >= 15 is 0 Å². The normalized spacial score (nSPS) is 10.3. The Balaban J connectivity index is 2.42. The van der Waals surface area contributed by atoms with Gasteiger partial charge in [-0.15, -0.1) is 0 Å². The molecular formula is C15H15FN2O2. The zero-order chi connectivity index (χ0) is 14.9. The summed E-state index contributed by atoms with van der Waals surface area (Å²) in [6, 6.07) is 8.04. The van der Waals surface area contributed by atoms with E-state index in [1.54, 1.807) is 0 Å². The highest BCUT2D eigenvalue weighted by Crippen LogP contribution is 2.28. The van der Waals surface area contributed by atoms with Crippen molar-refractivity contribution < 1.29 is 14.3 Å². The van der Waals surface area contributed by atoms with Gasteiger partial charge in [-0.1, -0.05) is 12.1 Å². The number of benzene rings is 2. The van der Waals surface area contributed by atoms with E-state index in [1.165, 1.54) is 0 Å². The summed E-state index contributed by atoms with van der Waals surface area (Å²) in [4.78, 5) is 10.8. The lowest BCUT2D eigenvalue weighted by Gasteiger charge is -2.13. The van der Waals surface area contributed by atoms with E-state index in [2.05, 4.69) is 5.32 Å². The smallest absolute Gasteiger partial charge is 0.338 e. The van der Waals surface area contributed by atoms with Crippen LogP contribution in [0.25, 0.3) is 0 Å². The molecule has 0 aromatic heterocycles. The average Bonchev–Trinajstić information content (AvgIpc) is 2.37. The number of carboxylic acids is 1. The summed E-state index contributed by atoms with van der Waals surface area (Å²) in [5.74, 6) is -2.16. The molecule has 2 aromatic rings. The van der Waals surface area contributed by atoms with E-state index in [0.717, 1.165) is 28.9 Å². The second kappa shape index (κ2) is 5.21. The fourth-order valence-corrected chi connectivity index (χ4v) is 1.88. The van der Waals surface area contributed by atoms with E-state index in [9.17, 15) is 9.18 Å². The fraction of sp³-hybridized carbons (Fsp3) is 0.133. The maximum Gasteiger partial charge on any atom is 0.338 e. The van der Waals surface area contributed by atoms with Crippen LogP contribution in [0.4, 0.5) is 21.5 Å². The van der Waals surface area contributed by atoms with Gasteiger partial charge in [0, 0.05) is 11.8 Å². The Morgan fingerprint density at radius 3 is 2.55 bits per heavy atom. The van der Waals surface area contributed by atoms with Crippen molar-refractivity contribution in [2.24, 2.45) is 0 Å². The molecule has 0 spiro atoms. The van der Waals surface area contributed by atoms with Crippen LogP contribution >= 0.6 is 0 Å². The van der Waals surface area contributed by atoms with Crippen molar-refractivity contribution in [2.45, 2.75) is 13.8 Å². The van der Waals surface area contributed by atoms with Gasteiger partial charge in [0.2, 0.25) is 0 Å². The SMILES string of the molecule is Cc1ccc(C)c(Nc2cc(F)c(C(=O)O)cc2N)c1. The number of nitrogens with two attached hydrogens (primary N) is 1. The van der Waals surface area contributed by atoms with Crippen LogP contribution in [0.2, 0.25) is 0 Å². The van der Waals surface area contributed by atoms with Crippen molar-refractivity contribution >= 4 is 23.0 Å². The van der Waals surface area contributed by atoms with Crippen molar-refractivity contribution in [3.8, 4) is 0 Å². The molecule has 0 saturated carbocycles. The Morgan fingerprint density at radius 2 is 1.90 bits per heavy atom. The molecule has 20 heavy (non-hydrogen) atoms. The molecule has 104 valence electrons. The first kappa shape index (κ1) is 13.9. The lowest BCUT2D eigenvalue weighted by Crippen LogP contribution is -2.05. The molecule has 0 heterocycles. The maximum absolute atomic E-state index is 13.7. The second-order valence-corrected chi connectivity index (χ2v) is 4.67. The maximum atomic E-state index is 13.7. The number of halogens is 1. The lowest BCUT2D eigenvalue weighted by atomic mass is 10.1. The van der Waals surface area contributed by atoms with Gasteiger partial charge in [-0.3, -0.25) is 0 Å². The summed E-state index contributed by atoms with van der Waals surface area (Å²) in [5, 5.41) is 11.9. The lowest BCUT2D eigenvalue weighted by molar-refractivity contribution is 0.0692. The van der Waals surface area contributed by atoms with Crippen molar-refractivity contribution in [3.05, 3.63) is 52.8 Å². The van der Waals surface area contributed by atoms with Gasteiger partial charge in [0.05, 0.1) is 16.9 Å². The van der Waals surface area contributed by atoms with Gasteiger partial charge in [-0.2, -0.15) is 0 Å². The zero-order valence-corrected chi connectivity index (χ0v) is 11.2. The molecule has 0 unspecified atom stereocenters. The predicted octanol–water partition coefficient (Wildman–Crippen LogP) is 3.47. The van der Waals surface area contributed by atoms with Gasteiger partial charge >= 0.3 is 5.97 Å². The van der Waals surface area contributed by atoms with Gasteiger partial charge < -0.3 is 16.2 Å². The molecule has 0 amide bonds. The number of nitrogens with one attached hydrogen (secondary N) is 1. The summed E-state index contributed by atoms with van der Waals surface area (Å²) < 4.78 is 13.7. The predicted molar refractivity (Wildman–Crippen MR) is 77.0 cm³/mol. The summed E-state index contributed by atoms with van der Waals surface area (Å²) in [5.41, 5.74) is 8.71. The van der Waals surface area contributed by atoms with E-state index in [0.29, 0.717) is 5.69 Å². The van der Waals surface area contributed by atoms with Crippen LogP contribution in [0.1, 0.15) is 21.5 Å². The van der Waals surface area contributed by atoms with E-state index in [-0.39, 0.29) is 5.69 Å². The van der Waals surface area contributed by atoms with Crippen LogP contribution in [0.15, 0.2) is 30.3 Å². The highest BCUT2D eigenvalue weighted by molar-refractivity contribution is 5.91. The third kappa shape index (κ3) is 2.71. The minimum atomic E-state index is -1.34. The molecule has 0 radical (unpaired) electrons. The first-order valence-corrected chi connectivity index (χ1v) is 6.05. The largest absolute Gasteiger partial charge is 0.478 e. The van der Waals surface area contributed by atoms with Crippen molar-refractivity contribution in [1.29, 1.82) is 0 Å². The molecular weight excluding hydrogens is 259 g/mol. The Morgan fingerprint density at radius 1 is 1.20 bits per heavy atom. The van der Waals surface area contributed by atoms with Gasteiger partial charge in [0.25, 0.3) is 0 Å². The minimum absolute atomic E-state index is 0.185. The monoisotopic (exact) mass is 274 g/mol. The number of aromatic carboxylic acids is 1. The van der Waals surface area contributed by atoms with Gasteiger partial charge in [-0.05, 0) is 37.1 Å². The van der Waals surface area contributed by atoms with Crippen molar-refractivity contribution in [3.63, 3.8) is 0 Å². The number of anilines is 3. The van der Waals surface area contributed by atoms with Crippen LogP contribution in [-0.2, 0) is 0 Å². The number of rotatable bonds is 3. The highest BCUT2D eigenvalue weighted by atomic mass is 19.1. The fourth-order valence-electron chi connectivity index (χ4n) is 1.88. The first-order chi connectivity index (χ1) is 9.38. The first-order valence-electron chi connectivity index (χ1n) is 6.05. The van der Waals surface area contributed by atoms with E-state index in [4.69, 9.17) is 10.8 Å². The van der Waals surface area contributed by atoms with Gasteiger partial charge in [0.1, 0.15) is 5.82 Å². The molecule has 0 bridgehead atoms. The van der Waals surface area contributed by atoms with Crippen LogP contribution in [0, 0.1) is 19.7 Å². The number of hydrogen-bond acceptors (Lipinski definition) is 3. The molecule has 0 saturated heterocycles. The number of hydrogen-bond donors (Lipinski definition) is 3. The molecule has 4 N–H and O–H groups in total. The molecule has 0 atom stereocenters. The summed E-state index contributed by atoms with van der Waals surface area (Å²) in [7, 11) is 0. The third-order valence-corrected chi connectivity index (χ3v) is 3.03. The average molecular weight is 274 g/mol. The molecule has 0 aliphatic carbocycles. The van der Waals surface area contributed by atoms with Crippen LogP contribution < -0.4 is 11.1 Å². The topological polar surface area (TPSA) is 75.3 Å². The Bertz CT molecular complexity index is 684. The number of nitrogen functional groups attached to an aromatic ring is 1. The van der Waals surface area contributed by atoms with Gasteiger partial charge in [-0.25, -0.2) is 9.18 Å². The molecule has 4 nitrogen and oxygen atoms in total. The molecule has 0 aliphatic rings. The molecule has 0 fully saturated rings. The van der Waals surface area contributed by atoms with Crippen LogP contribution in [0.5, 0.6) is 0 Å². The van der Waals surface area contributed by atoms with E-state index in [1.807, 2.05) is 32.0 Å². The molecule has 2 aromatic carbocycles. The quantitative estimate of drug-likeness (QED) is 0.749. The Kier molecular flexibility index (Phi) is 3.61. The number of carbonyl (C=O) groups is 1. The highest BCUT2D eigenvalue weighted by Gasteiger charge is 2.14. The summed E-state index contributed by atoms with van der Waals surface area (Å²) in [6.07, 6.45) is 0. The molecule has 2 rings (SSSR count). The van der Waals surface area contributed by atoms with Crippen molar-refractivity contribution in [2.75, 3.05) is 11.1 Å². The second-order valence-electron chi connectivity index (χ2n) is 4.67. The number of aryl methyl sites for hydroxylation is 2. The molecule has 0 aliphatic heterocycles. The zero-order valence-electron chi connectivity index (χ0n) is 11.2. The summed E-state index contributed by atoms with van der Waals surface area (Å²) in [6.45, 7) is 3.86. The Hall–Kier alpha value is -2.56. The summed E-state index contributed by atoms with van der Waals surface area (Å²) >= 11 is 0. The van der Waals surface area contributed by atoms with Crippen LogP contribution in [0.3, 0.4) is 0 Å². The van der Waals surface area contributed by atoms with Crippen LogP contribution in [-0.4, -0.2) is 11.1 Å². The standard InChI is InChI=1S/C15H15FN2O2/c1-8-3-4-9(2)13(5-8)18-14-7-11(16)10(15(19)20)6-12(14)17/h3-7,18H,17H2,1-2H3,(H,19,20). The minimum Gasteiger partial charge on any atom is -0.478 e. The molecule has 5 heteroatoms. The van der Waals surface area contributed by atoms with E-state index < -0.39 is 17.3 Å². The van der Waals surface area contributed by atoms with Crippen molar-refractivity contribution in [1.82, 2.24) is 0 Å². The Labute approximate surface area is 116 Å². The number of carboxylic acid groups (broad SMARTS) is 1. The third-order valence-electron chi connectivity index (χ3n) is 3.03.